The number of nitrogens with one attached hydrogen (secondary N) is 2. The predicted molar refractivity (Wildman–Crippen MR) is 70.7 cm³/mol. The lowest BCUT2D eigenvalue weighted by molar-refractivity contribution is 0.251. The minimum absolute atomic E-state index is 0.162. The largest absolute Gasteiger partial charge is 0.494 e. The van der Waals surface area contributed by atoms with Gasteiger partial charge in [0.1, 0.15) is 5.75 Å². The lowest BCUT2D eigenvalue weighted by Crippen LogP contribution is -2.30. The Hall–Kier alpha value is -1.75. The van der Waals surface area contributed by atoms with Gasteiger partial charge in [-0.15, -0.1) is 0 Å². The van der Waals surface area contributed by atoms with E-state index >= 15 is 0 Å². The number of benzene rings is 1. The molecule has 0 aromatic heterocycles. The molecule has 18 heavy (non-hydrogen) atoms. The minimum atomic E-state index is -0.162. The van der Waals surface area contributed by atoms with Crippen molar-refractivity contribution >= 4 is 11.7 Å². The Morgan fingerprint density at radius 3 is 2.89 bits per heavy atom. The van der Waals surface area contributed by atoms with Crippen LogP contribution in [0.5, 0.6) is 5.75 Å². The van der Waals surface area contributed by atoms with E-state index in [1.54, 1.807) is 0 Å². The van der Waals surface area contributed by atoms with Crippen LogP contribution >= 0.6 is 0 Å². The molecule has 2 rings (SSSR count). The molecule has 0 radical (unpaired) electrons. The predicted octanol–water partition coefficient (Wildman–Crippen LogP) is 1.83. The summed E-state index contributed by atoms with van der Waals surface area (Å²) < 4.78 is 5.45. The summed E-state index contributed by atoms with van der Waals surface area (Å²) >= 11 is 0. The van der Waals surface area contributed by atoms with E-state index in [0.29, 0.717) is 19.2 Å². The minimum Gasteiger partial charge on any atom is -0.494 e. The first-order valence-corrected chi connectivity index (χ1v) is 6.26. The summed E-state index contributed by atoms with van der Waals surface area (Å²) in [7, 11) is 0. The number of urea groups is 1. The molecule has 1 fully saturated rings. The van der Waals surface area contributed by atoms with Crippen molar-refractivity contribution < 1.29 is 9.53 Å². The summed E-state index contributed by atoms with van der Waals surface area (Å²) in [5.74, 6) is 0.771. The van der Waals surface area contributed by atoms with Gasteiger partial charge >= 0.3 is 6.03 Å². The fraction of sp³-hybridized carbons (Fsp3) is 0.462. The normalized spacial score (nSPS) is 14.1. The van der Waals surface area contributed by atoms with Crippen molar-refractivity contribution in [3.05, 3.63) is 23.8 Å². The van der Waals surface area contributed by atoms with E-state index in [9.17, 15) is 4.79 Å². The van der Waals surface area contributed by atoms with Gasteiger partial charge in [0.05, 0.1) is 6.61 Å². The molecule has 0 aliphatic heterocycles. The number of rotatable bonds is 5. The van der Waals surface area contributed by atoms with Crippen LogP contribution in [0.4, 0.5) is 10.5 Å². The van der Waals surface area contributed by atoms with Gasteiger partial charge < -0.3 is 21.1 Å². The average molecular weight is 249 g/mol. The van der Waals surface area contributed by atoms with E-state index in [4.69, 9.17) is 10.5 Å². The van der Waals surface area contributed by atoms with Crippen molar-refractivity contribution in [1.29, 1.82) is 0 Å². The van der Waals surface area contributed by atoms with Crippen LogP contribution in [-0.2, 0) is 6.54 Å². The first kappa shape index (κ1) is 12.7. The number of hydrogen-bond donors (Lipinski definition) is 3. The Labute approximate surface area is 107 Å². The first-order valence-electron chi connectivity index (χ1n) is 6.26. The number of anilines is 1. The molecule has 4 N–H and O–H groups in total. The van der Waals surface area contributed by atoms with Gasteiger partial charge in [0, 0.05) is 23.8 Å². The van der Waals surface area contributed by atoms with Crippen molar-refractivity contribution in [2.45, 2.75) is 32.4 Å². The highest BCUT2D eigenvalue weighted by Crippen LogP contribution is 2.23. The van der Waals surface area contributed by atoms with Gasteiger partial charge in [-0.25, -0.2) is 4.79 Å². The standard InChI is InChI=1S/C13H19N3O2/c1-2-18-12-6-5-11(7-9(12)8-14)16-13(17)15-10-3-4-10/h5-7,10H,2-4,8,14H2,1H3,(H2,15,16,17). The molecular weight excluding hydrogens is 230 g/mol. The topological polar surface area (TPSA) is 76.4 Å². The van der Waals surface area contributed by atoms with E-state index in [0.717, 1.165) is 29.8 Å². The van der Waals surface area contributed by atoms with E-state index in [1.807, 2.05) is 25.1 Å². The van der Waals surface area contributed by atoms with Crippen LogP contribution in [0.1, 0.15) is 25.3 Å². The molecule has 0 heterocycles. The Kier molecular flexibility index (Phi) is 4.04. The Morgan fingerprint density at radius 1 is 1.50 bits per heavy atom. The second-order valence-electron chi connectivity index (χ2n) is 4.33. The van der Waals surface area contributed by atoms with Gasteiger partial charge in [-0.2, -0.15) is 0 Å². The number of nitrogens with two attached hydrogens (primary N) is 1. The van der Waals surface area contributed by atoms with Crippen LogP contribution in [0.25, 0.3) is 0 Å². The van der Waals surface area contributed by atoms with E-state index in [2.05, 4.69) is 10.6 Å². The SMILES string of the molecule is CCOc1ccc(NC(=O)NC2CC2)cc1CN. The van der Waals surface area contributed by atoms with Crippen molar-refractivity contribution in [2.75, 3.05) is 11.9 Å². The van der Waals surface area contributed by atoms with Crippen LogP contribution < -0.4 is 21.1 Å². The highest BCUT2D eigenvalue weighted by atomic mass is 16.5. The summed E-state index contributed by atoms with van der Waals surface area (Å²) in [4.78, 5) is 11.6. The molecule has 0 saturated heterocycles. The van der Waals surface area contributed by atoms with Crippen LogP contribution in [0, 0.1) is 0 Å². The molecule has 1 aliphatic carbocycles. The first-order chi connectivity index (χ1) is 8.72. The molecule has 0 unspecified atom stereocenters. The summed E-state index contributed by atoms with van der Waals surface area (Å²) in [6, 6.07) is 5.68. The maximum absolute atomic E-state index is 11.6. The molecule has 1 aromatic carbocycles. The molecule has 5 heteroatoms. The fourth-order valence-electron chi connectivity index (χ4n) is 1.69. The number of ether oxygens (including phenoxy) is 1. The molecule has 5 nitrogen and oxygen atoms in total. The molecule has 98 valence electrons. The zero-order chi connectivity index (χ0) is 13.0. The second kappa shape index (κ2) is 5.73. The highest BCUT2D eigenvalue weighted by molar-refractivity contribution is 5.89. The summed E-state index contributed by atoms with van der Waals surface area (Å²) in [5, 5.41) is 5.66. The average Bonchev–Trinajstić information content (AvgIpc) is 3.15. The quantitative estimate of drug-likeness (QED) is 0.745. The van der Waals surface area contributed by atoms with Gasteiger partial charge in [-0.05, 0) is 38.0 Å². The van der Waals surface area contributed by atoms with Gasteiger partial charge in [0.25, 0.3) is 0 Å². The number of amides is 2. The third-order valence-electron chi connectivity index (χ3n) is 2.75. The number of carbonyl (C=O) groups is 1. The summed E-state index contributed by atoms with van der Waals surface area (Å²) in [5.41, 5.74) is 7.29. The lowest BCUT2D eigenvalue weighted by Gasteiger charge is -2.12. The molecular formula is C13H19N3O2. The smallest absolute Gasteiger partial charge is 0.319 e. The van der Waals surface area contributed by atoms with E-state index in [1.165, 1.54) is 0 Å². The molecule has 2 amide bonds. The maximum atomic E-state index is 11.6. The van der Waals surface area contributed by atoms with Crippen molar-refractivity contribution in [3.8, 4) is 5.75 Å². The Bertz CT molecular complexity index is 430. The molecule has 0 spiro atoms. The monoisotopic (exact) mass is 249 g/mol. The van der Waals surface area contributed by atoms with Crippen molar-refractivity contribution in [3.63, 3.8) is 0 Å². The molecule has 1 aliphatic rings. The highest BCUT2D eigenvalue weighted by Gasteiger charge is 2.23. The zero-order valence-corrected chi connectivity index (χ0v) is 10.5. The molecule has 0 atom stereocenters. The summed E-state index contributed by atoms with van der Waals surface area (Å²) in [6.07, 6.45) is 2.15. The van der Waals surface area contributed by atoms with Gasteiger partial charge in [-0.3, -0.25) is 0 Å². The van der Waals surface area contributed by atoms with E-state index < -0.39 is 0 Å². The van der Waals surface area contributed by atoms with Crippen LogP contribution in [0.3, 0.4) is 0 Å². The molecule has 1 aromatic rings. The lowest BCUT2D eigenvalue weighted by atomic mass is 10.2. The van der Waals surface area contributed by atoms with Gasteiger partial charge in [0.2, 0.25) is 0 Å². The van der Waals surface area contributed by atoms with Crippen molar-refractivity contribution in [2.24, 2.45) is 5.73 Å². The number of hydrogen-bond acceptors (Lipinski definition) is 3. The molecule has 0 bridgehead atoms. The van der Waals surface area contributed by atoms with Gasteiger partial charge in [0.15, 0.2) is 0 Å². The third-order valence-corrected chi connectivity index (χ3v) is 2.75. The summed E-state index contributed by atoms with van der Waals surface area (Å²) in [6.45, 7) is 2.91. The van der Waals surface area contributed by atoms with E-state index in [-0.39, 0.29) is 6.03 Å². The van der Waals surface area contributed by atoms with Gasteiger partial charge in [-0.1, -0.05) is 0 Å². The van der Waals surface area contributed by atoms with Crippen molar-refractivity contribution in [1.82, 2.24) is 5.32 Å². The maximum Gasteiger partial charge on any atom is 0.319 e. The zero-order valence-electron chi connectivity index (χ0n) is 10.5. The Balaban J connectivity index is 2.01. The van der Waals surface area contributed by atoms with Crippen LogP contribution in [0.15, 0.2) is 18.2 Å². The van der Waals surface area contributed by atoms with Crippen LogP contribution in [0.2, 0.25) is 0 Å². The van der Waals surface area contributed by atoms with Crippen LogP contribution in [-0.4, -0.2) is 18.7 Å². The second-order valence-corrected chi connectivity index (χ2v) is 4.33. The third kappa shape index (κ3) is 3.37. The Morgan fingerprint density at radius 2 is 2.28 bits per heavy atom. The fourth-order valence-corrected chi connectivity index (χ4v) is 1.69. The number of carbonyl (C=O) groups excluding carboxylic acids is 1. The molecule has 1 saturated carbocycles.